The minimum Gasteiger partial charge on any atom is -0.507 e. The van der Waals surface area contributed by atoms with Gasteiger partial charge in [-0.1, -0.05) is 0 Å². The summed E-state index contributed by atoms with van der Waals surface area (Å²) in [5, 5.41) is 19.1. The minimum atomic E-state index is -4.43. The fourth-order valence-electron chi connectivity index (χ4n) is 2.35. The molecule has 0 saturated carbocycles. The molecule has 0 bridgehead atoms. The molecule has 0 unspecified atom stereocenters. The zero-order valence-electron chi connectivity index (χ0n) is 10.4. The van der Waals surface area contributed by atoms with Gasteiger partial charge in [0.25, 0.3) is 0 Å². The van der Waals surface area contributed by atoms with Crippen molar-refractivity contribution in [3.63, 3.8) is 0 Å². The predicted molar refractivity (Wildman–Crippen MR) is 62.8 cm³/mol. The summed E-state index contributed by atoms with van der Waals surface area (Å²) in [6, 6.07) is 3.09. The number of hydrogen-bond donors (Lipinski definition) is 3. The second-order valence-corrected chi connectivity index (χ2v) is 5.00. The van der Waals surface area contributed by atoms with Crippen LogP contribution >= 0.6 is 0 Å². The Morgan fingerprint density at radius 3 is 2.37 bits per heavy atom. The van der Waals surface area contributed by atoms with Gasteiger partial charge in [-0.15, -0.1) is 0 Å². The normalized spacial score (nSPS) is 24.4. The number of likely N-dealkylation sites (tertiary alicyclic amines) is 1. The van der Waals surface area contributed by atoms with Crippen LogP contribution in [0.4, 0.5) is 13.2 Å². The van der Waals surface area contributed by atoms with Gasteiger partial charge in [-0.2, -0.15) is 13.2 Å². The van der Waals surface area contributed by atoms with E-state index in [9.17, 15) is 23.4 Å². The highest BCUT2D eigenvalue weighted by atomic mass is 19.4. The molecule has 1 saturated heterocycles. The number of aromatic hydroxyl groups is 1. The zero-order chi connectivity index (χ0) is 14.0. The van der Waals surface area contributed by atoms with Crippen LogP contribution in [0.1, 0.15) is 24.0 Å². The zero-order valence-corrected chi connectivity index (χ0v) is 10.4. The summed E-state index contributed by atoms with van der Waals surface area (Å²) < 4.78 is 37.4. The molecule has 0 radical (unpaired) electrons. The maximum absolute atomic E-state index is 12.5. The van der Waals surface area contributed by atoms with Crippen molar-refractivity contribution in [2.24, 2.45) is 0 Å². The van der Waals surface area contributed by atoms with E-state index in [4.69, 9.17) is 0 Å². The molecule has 1 aliphatic heterocycles. The summed E-state index contributed by atoms with van der Waals surface area (Å²) in [5.74, 6) is -0.312. The molecule has 3 N–H and O–H groups in total. The molecule has 0 aromatic heterocycles. The third-order valence-corrected chi connectivity index (χ3v) is 3.52. The number of halogens is 3. The van der Waals surface area contributed by atoms with Crippen LogP contribution in [0.2, 0.25) is 0 Å². The van der Waals surface area contributed by atoms with Crippen molar-refractivity contribution in [2.45, 2.75) is 31.7 Å². The quantitative estimate of drug-likeness (QED) is 0.753. The number of hydrogen-bond acceptors (Lipinski definition) is 2. The lowest BCUT2D eigenvalue weighted by molar-refractivity contribution is -0.919. The predicted octanol–water partition coefficient (Wildman–Crippen LogP) is 0.951. The summed E-state index contributed by atoms with van der Waals surface area (Å²) >= 11 is 0. The van der Waals surface area contributed by atoms with Crippen molar-refractivity contribution in [1.29, 1.82) is 0 Å². The standard InChI is InChI=1S/C13H16F3NO2/c14-13(15,16)10-2-1-9(12(19)7-10)8-17-5-3-11(18)4-6-17/h1-2,7,11,18-19H,3-6,8H2/p+1. The number of quaternary nitrogens is 1. The van der Waals surface area contributed by atoms with Gasteiger partial charge in [0, 0.05) is 18.4 Å². The molecule has 0 atom stereocenters. The Kier molecular flexibility index (Phi) is 4.01. The third-order valence-electron chi connectivity index (χ3n) is 3.52. The van der Waals surface area contributed by atoms with E-state index < -0.39 is 11.7 Å². The molecular weight excluding hydrogens is 259 g/mol. The number of benzene rings is 1. The van der Waals surface area contributed by atoms with Crippen molar-refractivity contribution in [2.75, 3.05) is 13.1 Å². The Morgan fingerprint density at radius 1 is 1.21 bits per heavy atom. The summed E-state index contributed by atoms with van der Waals surface area (Å²) in [7, 11) is 0. The van der Waals surface area contributed by atoms with Gasteiger partial charge in [0.2, 0.25) is 0 Å². The summed E-state index contributed by atoms with van der Waals surface area (Å²) in [6.45, 7) is 2.01. The molecule has 0 aliphatic carbocycles. The smallest absolute Gasteiger partial charge is 0.416 e. The van der Waals surface area contributed by atoms with Gasteiger partial charge in [0.1, 0.15) is 12.3 Å². The van der Waals surface area contributed by atoms with Gasteiger partial charge >= 0.3 is 6.18 Å². The van der Waals surface area contributed by atoms with Crippen LogP contribution < -0.4 is 4.90 Å². The Morgan fingerprint density at radius 2 is 1.84 bits per heavy atom. The van der Waals surface area contributed by atoms with Crippen LogP contribution in [0.3, 0.4) is 0 Å². The van der Waals surface area contributed by atoms with E-state index in [0.717, 1.165) is 25.2 Å². The molecule has 2 rings (SSSR count). The SMILES string of the molecule is Oc1cc(C(F)(F)F)ccc1C[NH+]1CCC(O)CC1. The largest absolute Gasteiger partial charge is 0.507 e. The van der Waals surface area contributed by atoms with E-state index in [-0.39, 0.29) is 11.9 Å². The molecule has 1 fully saturated rings. The van der Waals surface area contributed by atoms with E-state index in [2.05, 4.69) is 0 Å². The van der Waals surface area contributed by atoms with E-state index in [0.29, 0.717) is 24.9 Å². The van der Waals surface area contributed by atoms with Crippen molar-refractivity contribution in [3.8, 4) is 5.75 Å². The number of piperidine rings is 1. The fraction of sp³-hybridized carbons (Fsp3) is 0.538. The van der Waals surface area contributed by atoms with E-state index in [1.54, 1.807) is 0 Å². The Hall–Kier alpha value is -1.27. The lowest BCUT2D eigenvalue weighted by atomic mass is 10.1. The number of phenolic OH excluding ortho intramolecular Hbond substituents is 1. The first-order chi connectivity index (χ1) is 8.86. The molecule has 1 aromatic carbocycles. The topological polar surface area (TPSA) is 44.9 Å². The number of rotatable bonds is 2. The highest BCUT2D eigenvalue weighted by Crippen LogP contribution is 2.32. The highest BCUT2D eigenvalue weighted by molar-refractivity contribution is 5.37. The number of nitrogens with one attached hydrogen (secondary N) is 1. The second kappa shape index (κ2) is 5.38. The number of aliphatic hydroxyl groups is 1. The van der Waals surface area contributed by atoms with E-state index in [1.807, 2.05) is 0 Å². The highest BCUT2D eigenvalue weighted by Gasteiger charge is 2.31. The third kappa shape index (κ3) is 3.61. The van der Waals surface area contributed by atoms with E-state index in [1.165, 1.54) is 11.0 Å². The van der Waals surface area contributed by atoms with Gasteiger partial charge < -0.3 is 15.1 Å². The lowest BCUT2D eigenvalue weighted by Gasteiger charge is -2.26. The average Bonchev–Trinajstić information content (AvgIpc) is 2.33. The van der Waals surface area contributed by atoms with Crippen molar-refractivity contribution >= 4 is 0 Å². The average molecular weight is 276 g/mol. The number of aliphatic hydroxyl groups excluding tert-OH is 1. The molecule has 1 aliphatic rings. The maximum atomic E-state index is 12.5. The molecule has 1 aromatic rings. The number of alkyl halides is 3. The maximum Gasteiger partial charge on any atom is 0.416 e. The summed E-state index contributed by atoms with van der Waals surface area (Å²) in [5.41, 5.74) is -0.322. The van der Waals surface area contributed by atoms with Crippen molar-refractivity contribution in [3.05, 3.63) is 29.3 Å². The van der Waals surface area contributed by atoms with Crippen LogP contribution in [0.5, 0.6) is 5.75 Å². The summed E-state index contributed by atoms with van der Waals surface area (Å²) in [4.78, 5) is 1.17. The van der Waals surface area contributed by atoms with Gasteiger partial charge in [-0.05, 0) is 18.2 Å². The van der Waals surface area contributed by atoms with Crippen LogP contribution in [0, 0.1) is 0 Å². The van der Waals surface area contributed by atoms with Crippen LogP contribution in [0.25, 0.3) is 0 Å². The second-order valence-electron chi connectivity index (χ2n) is 5.00. The Labute approximate surface area is 109 Å². The Bertz CT molecular complexity index is 440. The lowest BCUT2D eigenvalue weighted by Crippen LogP contribution is -3.12. The van der Waals surface area contributed by atoms with Crippen LogP contribution in [-0.2, 0) is 12.7 Å². The van der Waals surface area contributed by atoms with Gasteiger partial charge in [-0.25, -0.2) is 0 Å². The molecule has 106 valence electrons. The molecule has 6 heteroatoms. The first-order valence-corrected chi connectivity index (χ1v) is 6.27. The van der Waals surface area contributed by atoms with E-state index >= 15 is 0 Å². The monoisotopic (exact) mass is 276 g/mol. The van der Waals surface area contributed by atoms with Crippen LogP contribution in [0.15, 0.2) is 18.2 Å². The van der Waals surface area contributed by atoms with Gasteiger partial charge in [0.15, 0.2) is 0 Å². The van der Waals surface area contributed by atoms with Gasteiger partial charge in [0.05, 0.1) is 24.8 Å². The Balaban J connectivity index is 2.05. The first-order valence-electron chi connectivity index (χ1n) is 6.27. The number of phenols is 1. The summed E-state index contributed by atoms with van der Waals surface area (Å²) in [6.07, 6.45) is -3.32. The molecule has 3 nitrogen and oxygen atoms in total. The van der Waals surface area contributed by atoms with Crippen LogP contribution in [-0.4, -0.2) is 29.4 Å². The molecule has 0 amide bonds. The molecule has 19 heavy (non-hydrogen) atoms. The molecule has 1 heterocycles. The van der Waals surface area contributed by atoms with Crippen molar-refractivity contribution < 1.29 is 28.3 Å². The molecular formula is C13H17F3NO2+. The van der Waals surface area contributed by atoms with Gasteiger partial charge in [-0.3, -0.25) is 0 Å². The minimum absolute atomic E-state index is 0.273. The van der Waals surface area contributed by atoms with Crippen molar-refractivity contribution in [1.82, 2.24) is 0 Å². The fourth-order valence-corrected chi connectivity index (χ4v) is 2.35. The molecule has 0 spiro atoms. The first kappa shape index (κ1) is 14.1.